The summed E-state index contributed by atoms with van der Waals surface area (Å²) in [4.78, 5) is 13.1. The van der Waals surface area contributed by atoms with Gasteiger partial charge in [0, 0.05) is 15.7 Å². The number of halogens is 2. The molecule has 1 heterocycles. The Morgan fingerprint density at radius 1 is 1.19 bits per heavy atom. The number of benzene rings is 2. The zero-order valence-corrected chi connectivity index (χ0v) is 16.9. The van der Waals surface area contributed by atoms with Crippen LogP contribution in [0.25, 0.3) is 0 Å². The van der Waals surface area contributed by atoms with Crippen LogP contribution in [0.2, 0.25) is 10.0 Å². The van der Waals surface area contributed by atoms with Crippen molar-refractivity contribution in [3.8, 4) is 5.75 Å². The van der Waals surface area contributed by atoms with Crippen molar-refractivity contribution >= 4 is 52.1 Å². The molecule has 0 unspecified atom stereocenters. The summed E-state index contributed by atoms with van der Waals surface area (Å²) in [6.07, 6.45) is 0. The first-order chi connectivity index (χ1) is 12.9. The number of hydrogen-bond acceptors (Lipinski definition) is 3. The van der Waals surface area contributed by atoms with E-state index in [2.05, 4.69) is 16.0 Å². The third-order valence-corrected chi connectivity index (χ3v) is 4.80. The maximum Gasteiger partial charge on any atom is 0.255 e. The van der Waals surface area contributed by atoms with Gasteiger partial charge in [-0.2, -0.15) is 0 Å². The first kappa shape index (κ1) is 19.5. The van der Waals surface area contributed by atoms with E-state index in [1.165, 1.54) is 7.11 Å². The summed E-state index contributed by atoms with van der Waals surface area (Å²) in [5.41, 5.74) is 2.46. The number of methoxy groups -OCH3 is 1. The van der Waals surface area contributed by atoms with Crippen LogP contribution in [-0.4, -0.2) is 18.1 Å². The summed E-state index contributed by atoms with van der Waals surface area (Å²) in [5.74, 6) is 0.207. The second kappa shape index (κ2) is 8.17. The van der Waals surface area contributed by atoms with Gasteiger partial charge in [-0.15, -0.1) is 0 Å². The van der Waals surface area contributed by atoms with Gasteiger partial charge in [0.15, 0.2) is 5.11 Å². The van der Waals surface area contributed by atoms with Crippen molar-refractivity contribution in [3.05, 3.63) is 69.3 Å². The van der Waals surface area contributed by atoms with Crippen molar-refractivity contribution in [1.29, 1.82) is 0 Å². The number of anilines is 1. The topological polar surface area (TPSA) is 62.4 Å². The Balaban J connectivity index is 1.98. The van der Waals surface area contributed by atoms with Gasteiger partial charge in [0.25, 0.3) is 5.91 Å². The van der Waals surface area contributed by atoms with Gasteiger partial charge in [-0.25, -0.2) is 0 Å². The van der Waals surface area contributed by atoms with E-state index >= 15 is 0 Å². The van der Waals surface area contributed by atoms with Gasteiger partial charge in [-0.3, -0.25) is 4.79 Å². The van der Waals surface area contributed by atoms with Crippen molar-refractivity contribution in [1.82, 2.24) is 10.6 Å². The zero-order valence-electron chi connectivity index (χ0n) is 14.6. The average molecular weight is 422 g/mol. The molecule has 1 aliphatic rings. The number of carbonyl (C=O) groups excluding carboxylic acids is 1. The molecule has 5 nitrogen and oxygen atoms in total. The van der Waals surface area contributed by atoms with Crippen LogP contribution in [0.5, 0.6) is 5.75 Å². The van der Waals surface area contributed by atoms with E-state index in [4.69, 9.17) is 40.2 Å². The van der Waals surface area contributed by atoms with Gasteiger partial charge >= 0.3 is 0 Å². The second-order valence-electron chi connectivity index (χ2n) is 5.92. The standard InChI is InChI=1S/C19H17Cl2N3O2S/c1-10-16(18(25)23-14-9-13(21)6-7-15(14)26-2)17(24-19(27)22-10)11-4-3-5-12(20)8-11/h3-9,17H,1-2H3,(H,23,25)(H2,22,24,27)/t17-/m0/s1. The molecule has 8 heteroatoms. The van der Waals surface area contributed by atoms with E-state index in [0.717, 1.165) is 5.56 Å². The van der Waals surface area contributed by atoms with Gasteiger partial charge in [-0.1, -0.05) is 35.3 Å². The Labute approximate surface area is 172 Å². The number of ether oxygens (including phenoxy) is 1. The maximum absolute atomic E-state index is 13.1. The molecule has 0 bridgehead atoms. The Morgan fingerprint density at radius 3 is 2.63 bits per heavy atom. The highest BCUT2D eigenvalue weighted by atomic mass is 35.5. The van der Waals surface area contributed by atoms with Crippen LogP contribution in [0, 0.1) is 0 Å². The molecule has 0 aliphatic carbocycles. The molecule has 27 heavy (non-hydrogen) atoms. The molecular weight excluding hydrogens is 405 g/mol. The molecule has 0 fully saturated rings. The second-order valence-corrected chi connectivity index (χ2v) is 7.21. The molecule has 0 saturated heterocycles. The maximum atomic E-state index is 13.1. The van der Waals surface area contributed by atoms with Crippen LogP contribution in [0.15, 0.2) is 53.7 Å². The van der Waals surface area contributed by atoms with Crippen molar-refractivity contribution in [2.45, 2.75) is 13.0 Å². The minimum absolute atomic E-state index is 0.305. The number of hydrogen-bond donors (Lipinski definition) is 3. The van der Waals surface area contributed by atoms with E-state index in [-0.39, 0.29) is 5.91 Å². The highest BCUT2D eigenvalue weighted by Gasteiger charge is 2.30. The Morgan fingerprint density at radius 2 is 1.93 bits per heavy atom. The van der Waals surface area contributed by atoms with Crippen LogP contribution < -0.4 is 20.7 Å². The summed E-state index contributed by atoms with van der Waals surface area (Å²) in [6.45, 7) is 1.80. The van der Waals surface area contributed by atoms with E-state index in [9.17, 15) is 4.79 Å². The third-order valence-electron chi connectivity index (χ3n) is 4.11. The monoisotopic (exact) mass is 421 g/mol. The first-order valence-electron chi connectivity index (χ1n) is 8.07. The molecular formula is C19H17Cl2N3O2S. The average Bonchev–Trinajstić information content (AvgIpc) is 2.61. The lowest BCUT2D eigenvalue weighted by Crippen LogP contribution is -2.45. The number of nitrogens with one attached hydrogen (secondary N) is 3. The lowest BCUT2D eigenvalue weighted by molar-refractivity contribution is -0.113. The predicted octanol–water partition coefficient (Wildman–Crippen LogP) is 4.43. The smallest absolute Gasteiger partial charge is 0.255 e. The quantitative estimate of drug-likeness (QED) is 0.637. The molecule has 1 amide bonds. The van der Waals surface area contributed by atoms with Gasteiger partial charge in [0.1, 0.15) is 5.75 Å². The molecule has 0 aromatic heterocycles. The molecule has 3 N–H and O–H groups in total. The minimum atomic E-state index is -0.442. The number of rotatable bonds is 4. The SMILES string of the molecule is COc1ccc(Cl)cc1NC(=O)C1=C(C)NC(=S)N[C@H]1c1cccc(Cl)c1. The fourth-order valence-corrected chi connectivity index (χ4v) is 3.54. The third kappa shape index (κ3) is 4.35. The molecule has 0 radical (unpaired) electrons. The van der Waals surface area contributed by atoms with Gasteiger partial charge in [-0.05, 0) is 55.0 Å². The fourth-order valence-electron chi connectivity index (χ4n) is 2.90. The van der Waals surface area contributed by atoms with Gasteiger partial charge < -0.3 is 20.7 Å². The largest absolute Gasteiger partial charge is 0.495 e. The molecule has 0 saturated carbocycles. The lowest BCUT2D eigenvalue weighted by Gasteiger charge is -2.30. The number of carbonyl (C=O) groups is 1. The molecule has 1 atom stereocenters. The number of amides is 1. The number of allylic oxidation sites excluding steroid dienone is 1. The van der Waals surface area contributed by atoms with Gasteiger partial charge in [0.05, 0.1) is 24.4 Å². The summed E-state index contributed by atoms with van der Waals surface area (Å²) in [7, 11) is 1.53. The van der Waals surface area contributed by atoms with Crippen LogP contribution in [0.4, 0.5) is 5.69 Å². The highest BCUT2D eigenvalue weighted by molar-refractivity contribution is 7.80. The molecule has 1 aliphatic heterocycles. The van der Waals surface area contributed by atoms with Crippen LogP contribution >= 0.6 is 35.4 Å². The Bertz CT molecular complexity index is 946. The van der Waals surface area contributed by atoms with E-state index in [0.29, 0.717) is 37.9 Å². The lowest BCUT2D eigenvalue weighted by atomic mass is 9.95. The first-order valence-corrected chi connectivity index (χ1v) is 9.24. The van der Waals surface area contributed by atoms with E-state index in [1.54, 1.807) is 37.3 Å². The van der Waals surface area contributed by atoms with Crippen LogP contribution in [0.3, 0.4) is 0 Å². The Hall–Kier alpha value is -2.28. The Kier molecular flexibility index (Phi) is 5.89. The van der Waals surface area contributed by atoms with Crippen molar-refractivity contribution < 1.29 is 9.53 Å². The van der Waals surface area contributed by atoms with E-state index < -0.39 is 6.04 Å². The molecule has 0 spiro atoms. The summed E-state index contributed by atoms with van der Waals surface area (Å²) in [6, 6.07) is 11.9. The van der Waals surface area contributed by atoms with Crippen LogP contribution in [-0.2, 0) is 4.79 Å². The summed E-state index contributed by atoms with van der Waals surface area (Å²) < 4.78 is 5.30. The normalized spacial score (nSPS) is 16.4. The summed E-state index contributed by atoms with van der Waals surface area (Å²) in [5, 5.41) is 10.5. The van der Waals surface area contributed by atoms with Gasteiger partial charge in [0.2, 0.25) is 0 Å². The van der Waals surface area contributed by atoms with Crippen molar-refractivity contribution in [3.63, 3.8) is 0 Å². The zero-order chi connectivity index (χ0) is 19.6. The molecule has 2 aromatic rings. The fraction of sp³-hybridized carbons (Fsp3) is 0.158. The van der Waals surface area contributed by atoms with E-state index in [1.807, 2.05) is 12.1 Å². The predicted molar refractivity (Wildman–Crippen MR) is 112 cm³/mol. The summed E-state index contributed by atoms with van der Waals surface area (Å²) >= 11 is 17.4. The van der Waals surface area contributed by atoms with Crippen molar-refractivity contribution in [2.75, 3.05) is 12.4 Å². The van der Waals surface area contributed by atoms with Crippen molar-refractivity contribution in [2.24, 2.45) is 0 Å². The van der Waals surface area contributed by atoms with Crippen LogP contribution in [0.1, 0.15) is 18.5 Å². The molecule has 2 aromatic carbocycles. The number of thiocarbonyl (C=S) groups is 1. The highest BCUT2D eigenvalue weighted by Crippen LogP contribution is 2.32. The molecule has 140 valence electrons. The molecule has 3 rings (SSSR count). The minimum Gasteiger partial charge on any atom is -0.495 e.